The molecule has 0 saturated carbocycles. The highest BCUT2D eigenvalue weighted by atomic mass is 32.2. The molecule has 0 radical (unpaired) electrons. The van der Waals surface area contributed by atoms with E-state index < -0.39 is 10.8 Å². The van der Waals surface area contributed by atoms with E-state index in [1.807, 2.05) is 0 Å². The lowest BCUT2D eigenvalue weighted by Gasteiger charge is -2.10. The van der Waals surface area contributed by atoms with E-state index in [1.165, 1.54) is 12.8 Å². The summed E-state index contributed by atoms with van der Waals surface area (Å²) in [5.74, 6) is 1.60. The second-order valence-electron chi connectivity index (χ2n) is 3.73. The SMILES string of the molecule is CCCC(C)CNCCCS(C)=O. The Balaban J connectivity index is 3.11. The summed E-state index contributed by atoms with van der Waals surface area (Å²) in [6, 6.07) is 0. The second-order valence-corrected chi connectivity index (χ2v) is 5.28. The Bertz CT molecular complexity index is 139. The van der Waals surface area contributed by atoms with Gasteiger partial charge in [-0.05, 0) is 31.8 Å². The molecule has 80 valence electrons. The first-order chi connectivity index (χ1) is 6.16. The van der Waals surface area contributed by atoms with Crippen LogP contribution in [0.3, 0.4) is 0 Å². The summed E-state index contributed by atoms with van der Waals surface area (Å²) >= 11 is 0. The third kappa shape index (κ3) is 10.0. The molecule has 0 aromatic carbocycles. The van der Waals surface area contributed by atoms with Gasteiger partial charge in [-0.15, -0.1) is 0 Å². The maximum atomic E-state index is 10.7. The largest absolute Gasteiger partial charge is 0.316 e. The third-order valence-electron chi connectivity index (χ3n) is 2.06. The smallest absolute Gasteiger partial charge is 0.0244 e. The number of rotatable bonds is 8. The van der Waals surface area contributed by atoms with E-state index in [0.29, 0.717) is 0 Å². The van der Waals surface area contributed by atoms with E-state index in [2.05, 4.69) is 19.2 Å². The molecule has 0 aliphatic carbocycles. The van der Waals surface area contributed by atoms with Gasteiger partial charge in [0.25, 0.3) is 0 Å². The normalized spacial score (nSPS) is 15.6. The molecule has 0 aromatic rings. The highest BCUT2D eigenvalue weighted by molar-refractivity contribution is 7.84. The van der Waals surface area contributed by atoms with Crippen molar-refractivity contribution in [3.05, 3.63) is 0 Å². The molecule has 1 N–H and O–H groups in total. The van der Waals surface area contributed by atoms with Crippen molar-refractivity contribution in [3.8, 4) is 0 Å². The summed E-state index contributed by atoms with van der Waals surface area (Å²) in [4.78, 5) is 0. The fraction of sp³-hybridized carbons (Fsp3) is 1.00. The van der Waals surface area contributed by atoms with E-state index in [-0.39, 0.29) is 0 Å². The van der Waals surface area contributed by atoms with Crippen molar-refractivity contribution < 1.29 is 4.21 Å². The number of hydrogen-bond donors (Lipinski definition) is 1. The molecule has 0 rings (SSSR count). The maximum Gasteiger partial charge on any atom is 0.0244 e. The van der Waals surface area contributed by atoms with Crippen LogP contribution in [-0.4, -0.2) is 29.3 Å². The van der Waals surface area contributed by atoms with Crippen LogP contribution in [-0.2, 0) is 10.8 Å². The van der Waals surface area contributed by atoms with Crippen LogP contribution in [0, 0.1) is 5.92 Å². The molecule has 2 atom stereocenters. The van der Waals surface area contributed by atoms with Gasteiger partial charge in [-0.1, -0.05) is 20.3 Å². The molecular weight excluding hydrogens is 182 g/mol. The first-order valence-electron chi connectivity index (χ1n) is 5.17. The Hall–Kier alpha value is 0.110. The van der Waals surface area contributed by atoms with Crippen LogP contribution in [0.1, 0.15) is 33.1 Å². The Morgan fingerprint density at radius 3 is 2.69 bits per heavy atom. The van der Waals surface area contributed by atoms with Crippen LogP contribution in [0.5, 0.6) is 0 Å². The molecule has 2 nitrogen and oxygen atoms in total. The summed E-state index contributed by atoms with van der Waals surface area (Å²) in [7, 11) is -0.623. The minimum Gasteiger partial charge on any atom is -0.316 e. The predicted molar refractivity (Wildman–Crippen MR) is 60.5 cm³/mol. The first kappa shape index (κ1) is 13.1. The first-order valence-corrected chi connectivity index (χ1v) is 6.90. The highest BCUT2D eigenvalue weighted by Gasteiger charge is 1.99. The summed E-state index contributed by atoms with van der Waals surface area (Å²) < 4.78 is 10.7. The van der Waals surface area contributed by atoms with Gasteiger partial charge in [0.2, 0.25) is 0 Å². The van der Waals surface area contributed by atoms with Crippen molar-refractivity contribution in [2.75, 3.05) is 25.1 Å². The van der Waals surface area contributed by atoms with Crippen LogP contribution in [0.4, 0.5) is 0 Å². The Labute approximate surface area is 84.9 Å². The van der Waals surface area contributed by atoms with Crippen molar-refractivity contribution in [2.24, 2.45) is 5.92 Å². The minimum atomic E-state index is -0.623. The zero-order valence-electron chi connectivity index (χ0n) is 9.14. The van der Waals surface area contributed by atoms with Gasteiger partial charge in [-0.3, -0.25) is 4.21 Å². The zero-order valence-corrected chi connectivity index (χ0v) is 9.95. The third-order valence-corrected chi connectivity index (χ3v) is 2.92. The lowest BCUT2D eigenvalue weighted by atomic mass is 10.1. The Morgan fingerprint density at radius 1 is 1.46 bits per heavy atom. The quantitative estimate of drug-likeness (QED) is 0.612. The van der Waals surface area contributed by atoms with Crippen LogP contribution >= 0.6 is 0 Å². The van der Waals surface area contributed by atoms with Gasteiger partial charge < -0.3 is 5.32 Å². The summed E-state index contributed by atoms with van der Waals surface area (Å²) in [6.45, 7) is 6.60. The fourth-order valence-electron chi connectivity index (χ4n) is 1.34. The van der Waals surface area contributed by atoms with Crippen LogP contribution in [0.25, 0.3) is 0 Å². The van der Waals surface area contributed by atoms with E-state index in [0.717, 1.165) is 31.2 Å². The molecule has 13 heavy (non-hydrogen) atoms. The molecule has 0 saturated heterocycles. The average Bonchev–Trinajstić information content (AvgIpc) is 2.03. The molecule has 0 aromatic heterocycles. The van der Waals surface area contributed by atoms with E-state index in [1.54, 1.807) is 6.26 Å². The monoisotopic (exact) mass is 205 g/mol. The second kappa shape index (κ2) is 8.70. The van der Waals surface area contributed by atoms with Crippen molar-refractivity contribution in [2.45, 2.75) is 33.1 Å². The molecule has 2 unspecified atom stereocenters. The number of hydrogen-bond acceptors (Lipinski definition) is 2. The summed E-state index contributed by atoms with van der Waals surface area (Å²) in [5.41, 5.74) is 0. The van der Waals surface area contributed by atoms with Crippen LogP contribution in [0.2, 0.25) is 0 Å². The van der Waals surface area contributed by atoms with Crippen molar-refractivity contribution in [3.63, 3.8) is 0 Å². The molecule has 0 spiro atoms. The summed E-state index contributed by atoms with van der Waals surface area (Å²) in [6.07, 6.45) is 5.36. The van der Waals surface area contributed by atoms with Gasteiger partial charge in [0, 0.05) is 22.8 Å². The van der Waals surface area contributed by atoms with Gasteiger partial charge in [0.05, 0.1) is 0 Å². The fourth-order valence-corrected chi connectivity index (χ4v) is 1.89. The minimum absolute atomic E-state index is 0.623. The van der Waals surface area contributed by atoms with Gasteiger partial charge in [-0.25, -0.2) is 0 Å². The standard InChI is InChI=1S/C10H23NOS/c1-4-6-10(2)9-11-7-5-8-13(3)12/h10-11H,4-9H2,1-3H3. The zero-order chi connectivity index (χ0) is 10.1. The van der Waals surface area contributed by atoms with Crippen LogP contribution in [0.15, 0.2) is 0 Å². The molecular formula is C10H23NOS. The molecule has 0 amide bonds. The van der Waals surface area contributed by atoms with Crippen molar-refractivity contribution in [1.29, 1.82) is 0 Å². The molecule has 0 aliphatic heterocycles. The molecule has 0 bridgehead atoms. The Kier molecular flexibility index (Phi) is 8.77. The topological polar surface area (TPSA) is 29.1 Å². The Morgan fingerprint density at radius 2 is 2.15 bits per heavy atom. The lowest BCUT2D eigenvalue weighted by molar-refractivity contribution is 0.476. The van der Waals surface area contributed by atoms with Gasteiger partial charge in [0.15, 0.2) is 0 Å². The summed E-state index contributed by atoms with van der Waals surface area (Å²) in [5, 5.41) is 3.39. The van der Waals surface area contributed by atoms with Gasteiger partial charge in [-0.2, -0.15) is 0 Å². The van der Waals surface area contributed by atoms with Gasteiger partial charge >= 0.3 is 0 Å². The van der Waals surface area contributed by atoms with E-state index >= 15 is 0 Å². The molecule has 0 fully saturated rings. The van der Waals surface area contributed by atoms with Gasteiger partial charge in [0.1, 0.15) is 0 Å². The van der Waals surface area contributed by atoms with E-state index in [4.69, 9.17) is 0 Å². The molecule has 0 heterocycles. The maximum absolute atomic E-state index is 10.7. The van der Waals surface area contributed by atoms with Crippen LogP contribution < -0.4 is 5.32 Å². The van der Waals surface area contributed by atoms with E-state index in [9.17, 15) is 4.21 Å². The molecule has 0 aliphatic rings. The average molecular weight is 205 g/mol. The van der Waals surface area contributed by atoms with Crippen molar-refractivity contribution in [1.82, 2.24) is 5.32 Å². The molecule has 3 heteroatoms. The number of nitrogens with one attached hydrogen (secondary N) is 1. The highest BCUT2D eigenvalue weighted by Crippen LogP contribution is 2.02. The predicted octanol–water partition coefficient (Wildman–Crippen LogP) is 1.78. The lowest BCUT2D eigenvalue weighted by Crippen LogP contribution is -2.23. The van der Waals surface area contributed by atoms with Crippen molar-refractivity contribution >= 4 is 10.8 Å².